The van der Waals surface area contributed by atoms with Crippen LogP contribution in [0.25, 0.3) is 22.2 Å². The van der Waals surface area contributed by atoms with Crippen molar-refractivity contribution in [1.82, 2.24) is 20.4 Å². The molecule has 0 radical (unpaired) electrons. The van der Waals surface area contributed by atoms with Gasteiger partial charge >= 0.3 is 0 Å². The lowest BCUT2D eigenvalue weighted by Gasteiger charge is -2.31. The van der Waals surface area contributed by atoms with Gasteiger partial charge in [0.25, 0.3) is 5.91 Å². The van der Waals surface area contributed by atoms with Gasteiger partial charge in [-0.05, 0) is 85.5 Å². The van der Waals surface area contributed by atoms with Gasteiger partial charge in [-0.15, -0.1) is 11.3 Å². The molecule has 1 saturated heterocycles. The first-order valence-electron chi connectivity index (χ1n) is 13.5. The molecule has 7 nitrogen and oxygen atoms in total. The Morgan fingerprint density at radius 2 is 1.95 bits per heavy atom. The summed E-state index contributed by atoms with van der Waals surface area (Å²) in [6.45, 7) is 3.83. The number of aromatic amines is 1. The van der Waals surface area contributed by atoms with E-state index in [4.69, 9.17) is 9.47 Å². The lowest BCUT2D eigenvalue weighted by atomic mass is 10.0. The molecule has 4 aromatic rings. The van der Waals surface area contributed by atoms with E-state index in [-0.39, 0.29) is 18.1 Å². The summed E-state index contributed by atoms with van der Waals surface area (Å²) in [5.74, 6) is 1.37. The number of hydrogen-bond acceptors (Lipinski definition) is 6. The van der Waals surface area contributed by atoms with Crippen LogP contribution in [0.5, 0.6) is 5.75 Å². The van der Waals surface area contributed by atoms with Crippen LogP contribution in [-0.4, -0.2) is 60.5 Å². The number of nitrogens with zero attached hydrogens (tertiary/aromatic N) is 2. The van der Waals surface area contributed by atoms with Gasteiger partial charge in [-0.1, -0.05) is 6.07 Å². The molecule has 3 heterocycles. The third-order valence-electron chi connectivity index (χ3n) is 7.63. The summed E-state index contributed by atoms with van der Waals surface area (Å²) >= 11 is 1.71. The van der Waals surface area contributed by atoms with E-state index in [9.17, 15) is 4.79 Å². The van der Waals surface area contributed by atoms with E-state index >= 15 is 0 Å². The second-order valence-electron chi connectivity index (χ2n) is 10.3. The molecule has 1 amide bonds. The Balaban J connectivity index is 1.13. The number of rotatable bonds is 10. The quantitative estimate of drug-likeness (QED) is 0.277. The number of nitrogens with one attached hydrogen (secondary N) is 2. The Labute approximate surface area is 227 Å². The van der Waals surface area contributed by atoms with Crippen LogP contribution in [-0.2, 0) is 4.74 Å². The van der Waals surface area contributed by atoms with Crippen molar-refractivity contribution < 1.29 is 14.3 Å². The first-order chi connectivity index (χ1) is 18.7. The minimum Gasteiger partial charge on any atom is -0.490 e. The van der Waals surface area contributed by atoms with E-state index < -0.39 is 0 Å². The zero-order valence-electron chi connectivity index (χ0n) is 21.7. The molecule has 1 unspecified atom stereocenters. The maximum Gasteiger partial charge on any atom is 0.251 e. The second kappa shape index (κ2) is 11.3. The van der Waals surface area contributed by atoms with Gasteiger partial charge in [0.05, 0.1) is 23.9 Å². The monoisotopic (exact) mass is 530 g/mol. The standard InChI is InChI=1S/C30H34N4O3S/c1-36-17-16-34-14-12-24(13-15-34)37-23-9-6-20(7-10-23)28-25-19-22(8-11-26(25)32-33-28)30(35)31-29(21-4-5-21)27-3-2-18-38-27/h2-3,6-11,18-19,21,24,29H,4-5,12-17H2,1H3,(H,31,35)(H,32,33). The van der Waals surface area contributed by atoms with Crippen LogP contribution >= 0.6 is 11.3 Å². The number of thiophene rings is 1. The SMILES string of the molecule is COCCN1CCC(Oc2ccc(-c3n[nH]c4ccc(C(=O)NC(c5cccs5)C5CC5)cc34)cc2)CC1. The van der Waals surface area contributed by atoms with Crippen LogP contribution in [0.2, 0.25) is 0 Å². The summed E-state index contributed by atoms with van der Waals surface area (Å²) in [6.07, 6.45) is 4.62. The molecule has 2 aromatic carbocycles. The predicted molar refractivity (Wildman–Crippen MR) is 151 cm³/mol. The van der Waals surface area contributed by atoms with Crippen molar-refractivity contribution in [3.8, 4) is 17.0 Å². The van der Waals surface area contributed by atoms with Crippen LogP contribution in [0.3, 0.4) is 0 Å². The number of H-pyrrole nitrogens is 1. The van der Waals surface area contributed by atoms with E-state index in [0.29, 0.717) is 11.5 Å². The zero-order chi connectivity index (χ0) is 25.9. The summed E-state index contributed by atoms with van der Waals surface area (Å²) < 4.78 is 11.5. The third-order valence-corrected chi connectivity index (χ3v) is 8.59. The lowest BCUT2D eigenvalue weighted by molar-refractivity contribution is 0.0797. The Bertz CT molecular complexity index is 1360. The number of fused-ring (bicyclic) bond motifs is 1. The number of piperidine rings is 1. The Kier molecular flexibility index (Phi) is 7.44. The fraction of sp³-hybridized carbons (Fsp3) is 0.400. The maximum atomic E-state index is 13.2. The molecule has 198 valence electrons. The normalized spacial score (nSPS) is 17.5. The first kappa shape index (κ1) is 25.1. The molecule has 1 saturated carbocycles. The van der Waals surface area contributed by atoms with Crippen LogP contribution in [0.1, 0.15) is 47.0 Å². The highest BCUT2D eigenvalue weighted by atomic mass is 32.1. The summed E-state index contributed by atoms with van der Waals surface area (Å²) in [5, 5.41) is 14.0. The maximum absolute atomic E-state index is 13.2. The van der Waals surface area contributed by atoms with E-state index in [1.165, 1.54) is 17.7 Å². The molecule has 2 aromatic heterocycles. The second-order valence-corrected chi connectivity index (χ2v) is 11.3. The van der Waals surface area contributed by atoms with Gasteiger partial charge in [-0.3, -0.25) is 9.89 Å². The third kappa shape index (κ3) is 5.62. The number of aromatic nitrogens is 2. The van der Waals surface area contributed by atoms with E-state index in [2.05, 4.69) is 37.9 Å². The molecular weight excluding hydrogens is 496 g/mol. The van der Waals surface area contributed by atoms with E-state index in [1.807, 2.05) is 42.5 Å². The molecule has 38 heavy (non-hydrogen) atoms. The van der Waals surface area contributed by atoms with Crippen LogP contribution in [0.15, 0.2) is 60.0 Å². The van der Waals surface area contributed by atoms with Gasteiger partial charge in [0.15, 0.2) is 0 Å². The summed E-state index contributed by atoms with van der Waals surface area (Å²) in [7, 11) is 1.75. The summed E-state index contributed by atoms with van der Waals surface area (Å²) in [4.78, 5) is 16.9. The van der Waals surface area contributed by atoms with Crippen LogP contribution < -0.4 is 10.1 Å². The van der Waals surface area contributed by atoms with Crippen molar-refractivity contribution in [3.05, 3.63) is 70.4 Å². The lowest BCUT2D eigenvalue weighted by Crippen LogP contribution is -2.39. The van der Waals surface area contributed by atoms with Crippen LogP contribution in [0.4, 0.5) is 0 Å². The molecule has 0 spiro atoms. The summed E-state index contributed by atoms with van der Waals surface area (Å²) in [6, 6.07) is 18.1. The highest BCUT2D eigenvalue weighted by Crippen LogP contribution is 2.42. The van der Waals surface area contributed by atoms with Gasteiger partial charge in [0.2, 0.25) is 0 Å². The molecule has 2 aliphatic rings. The van der Waals surface area contributed by atoms with Crippen molar-refractivity contribution in [2.75, 3.05) is 33.4 Å². The molecular formula is C30H34N4O3S. The fourth-order valence-corrected chi connectivity index (χ4v) is 6.14. The number of ether oxygens (including phenoxy) is 2. The van der Waals surface area contributed by atoms with Gasteiger partial charge in [0, 0.05) is 48.1 Å². The van der Waals surface area contributed by atoms with Crippen LogP contribution in [0, 0.1) is 5.92 Å². The minimum atomic E-state index is -0.0404. The Morgan fingerprint density at radius 3 is 2.66 bits per heavy atom. The minimum absolute atomic E-state index is 0.0404. The fourth-order valence-electron chi connectivity index (χ4n) is 5.27. The zero-order valence-corrected chi connectivity index (χ0v) is 22.5. The average Bonchev–Trinajstić information content (AvgIpc) is 3.47. The van der Waals surface area contributed by atoms with Gasteiger partial charge < -0.3 is 19.7 Å². The average molecular weight is 531 g/mol. The number of methoxy groups -OCH3 is 1. The molecule has 8 heteroatoms. The number of carbonyl (C=O) groups excluding carboxylic acids is 1. The molecule has 2 N–H and O–H groups in total. The highest BCUT2D eigenvalue weighted by Gasteiger charge is 2.34. The highest BCUT2D eigenvalue weighted by molar-refractivity contribution is 7.10. The van der Waals surface area contributed by atoms with Crippen molar-refractivity contribution in [1.29, 1.82) is 0 Å². The van der Waals surface area contributed by atoms with Gasteiger partial charge in [-0.2, -0.15) is 5.10 Å². The molecule has 6 rings (SSSR count). The van der Waals surface area contributed by atoms with E-state index in [1.54, 1.807) is 18.4 Å². The van der Waals surface area contributed by atoms with Gasteiger partial charge in [0.1, 0.15) is 11.9 Å². The number of benzene rings is 2. The summed E-state index contributed by atoms with van der Waals surface area (Å²) in [5.41, 5.74) is 3.39. The van der Waals surface area contributed by atoms with Crippen molar-refractivity contribution >= 4 is 28.1 Å². The number of amides is 1. The molecule has 0 bridgehead atoms. The predicted octanol–water partition coefficient (Wildman–Crippen LogP) is 5.66. The first-order valence-corrected chi connectivity index (χ1v) is 14.4. The molecule has 1 atom stereocenters. The Hall–Kier alpha value is -3.20. The van der Waals surface area contributed by atoms with Crippen molar-refractivity contribution in [2.24, 2.45) is 5.92 Å². The van der Waals surface area contributed by atoms with E-state index in [0.717, 1.165) is 67.0 Å². The molecule has 1 aliphatic heterocycles. The molecule has 2 fully saturated rings. The number of carbonyl (C=O) groups is 1. The smallest absolute Gasteiger partial charge is 0.251 e. The number of hydrogen-bond donors (Lipinski definition) is 2. The van der Waals surface area contributed by atoms with Crippen molar-refractivity contribution in [3.63, 3.8) is 0 Å². The van der Waals surface area contributed by atoms with Gasteiger partial charge in [-0.25, -0.2) is 0 Å². The topological polar surface area (TPSA) is 79.5 Å². The number of likely N-dealkylation sites (tertiary alicyclic amines) is 1. The largest absolute Gasteiger partial charge is 0.490 e. The molecule has 1 aliphatic carbocycles. The van der Waals surface area contributed by atoms with Crippen molar-refractivity contribution in [2.45, 2.75) is 37.8 Å². The Morgan fingerprint density at radius 1 is 1.13 bits per heavy atom.